The Kier molecular flexibility index (Phi) is 4.61. The molecule has 0 spiro atoms. The topological polar surface area (TPSA) is 69.8 Å². The van der Waals surface area contributed by atoms with E-state index in [2.05, 4.69) is 20.8 Å². The van der Waals surface area contributed by atoms with Crippen LogP contribution in [0.3, 0.4) is 0 Å². The van der Waals surface area contributed by atoms with Crippen molar-refractivity contribution in [1.29, 1.82) is 0 Å². The van der Waals surface area contributed by atoms with Crippen molar-refractivity contribution in [3.63, 3.8) is 0 Å². The lowest BCUT2D eigenvalue weighted by molar-refractivity contribution is 0.252. The maximum absolute atomic E-state index is 12.0. The molecule has 1 heterocycles. The van der Waals surface area contributed by atoms with E-state index in [4.69, 9.17) is 34.8 Å². The third-order valence-corrected chi connectivity index (χ3v) is 4.46. The van der Waals surface area contributed by atoms with Crippen LogP contribution in [0, 0.1) is 0 Å². The highest BCUT2D eigenvalue weighted by atomic mass is 35.5. The molecule has 5 nitrogen and oxygen atoms in total. The van der Waals surface area contributed by atoms with Crippen molar-refractivity contribution in [3.05, 3.63) is 57.2 Å². The number of aromatic nitrogens is 2. The first-order valence-corrected chi connectivity index (χ1v) is 7.78. The zero-order valence-electron chi connectivity index (χ0n) is 11.7. The number of nitrogens with one attached hydrogen (secondary N) is 3. The first-order chi connectivity index (χ1) is 11.0. The molecular formula is C15H11Cl3N4O. The monoisotopic (exact) mass is 368 g/mol. The summed E-state index contributed by atoms with van der Waals surface area (Å²) in [5.74, 6) is 0. The predicted octanol–water partition coefficient (Wildman–Crippen LogP) is 4.84. The van der Waals surface area contributed by atoms with E-state index in [0.717, 1.165) is 10.9 Å². The number of rotatable bonds is 3. The molecule has 3 aromatic rings. The first kappa shape index (κ1) is 15.9. The highest BCUT2D eigenvalue weighted by Gasteiger charge is 2.11. The number of H-pyrrole nitrogens is 1. The summed E-state index contributed by atoms with van der Waals surface area (Å²) in [6, 6.07) is 8.30. The summed E-state index contributed by atoms with van der Waals surface area (Å²) in [7, 11) is 0. The minimum absolute atomic E-state index is 0.165. The largest absolute Gasteiger partial charge is 0.334 e. The van der Waals surface area contributed by atoms with Crippen LogP contribution in [0.5, 0.6) is 0 Å². The first-order valence-electron chi connectivity index (χ1n) is 6.65. The Hall–Kier alpha value is -1.95. The Balaban J connectivity index is 1.67. The second-order valence-corrected chi connectivity index (χ2v) is 5.99. The van der Waals surface area contributed by atoms with Crippen LogP contribution in [0.2, 0.25) is 15.1 Å². The molecule has 3 N–H and O–H groups in total. The van der Waals surface area contributed by atoms with Crippen LogP contribution < -0.4 is 10.6 Å². The highest BCUT2D eigenvalue weighted by molar-refractivity contribution is 6.44. The molecule has 0 radical (unpaired) electrons. The SMILES string of the molecule is O=C(NCc1c(Cl)ccc(Cl)c1Cl)Nc1ccc2[nH]ncc2c1. The second kappa shape index (κ2) is 6.66. The van der Waals surface area contributed by atoms with Gasteiger partial charge in [0.05, 0.1) is 21.8 Å². The van der Waals surface area contributed by atoms with Crippen LogP contribution in [0.4, 0.5) is 10.5 Å². The van der Waals surface area contributed by atoms with Crippen LogP contribution in [-0.4, -0.2) is 16.2 Å². The van der Waals surface area contributed by atoms with Gasteiger partial charge in [-0.05, 0) is 30.3 Å². The van der Waals surface area contributed by atoms with Crippen molar-refractivity contribution < 1.29 is 4.79 Å². The minimum Gasteiger partial charge on any atom is -0.334 e. The van der Waals surface area contributed by atoms with Crippen molar-refractivity contribution >= 4 is 57.4 Å². The fourth-order valence-electron chi connectivity index (χ4n) is 2.10. The summed E-state index contributed by atoms with van der Waals surface area (Å²) in [6.45, 7) is 0.165. The van der Waals surface area contributed by atoms with Gasteiger partial charge < -0.3 is 10.6 Å². The molecule has 2 amide bonds. The number of aromatic amines is 1. The molecule has 0 unspecified atom stereocenters. The van der Waals surface area contributed by atoms with Crippen LogP contribution in [-0.2, 0) is 6.54 Å². The minimum atomic E-state index is -0.375. The molecule has 0 fully saturated rings. The molecule has 1 aromatic heterocycles. The summed E-state index contributed by atoms with van der Waals surface area (Å²) >= 11 is 18.1. The molecule has 23 heavy (non-hydrogen) atoms. The van der Waals surface area contributed by atoms with E-state index in [-0.39, 0.29) is 12.6 Å². The lowest BCUT2D eigenvalue weighted by Crippen LogP contribution is -2.28. The van der Waals surface area contributed by atoms with Crippen molar-refractivity contribution in [3.8, 4) is 0 Å². The lowest BCUT2D eigenvalue weighted by atomic mass is 10.2. The van der Waals surface area contributed by atoms with E-state index in [1.807, 2.05) is 12.1 Å². The molecule has 0 saturated heterocycles. The second-order valence-electron chi connectivity index (χ2n) is 4.80. The number of fused-ring (bicyclic) bond motifs is 1. The smallest absolute Gasteiger partial charge is 0.319 e. The Labute approximate surface area is 146 Å². The van der Waals surface area contributed by atoms with Crippen molar-refractivity contribution in [1.82, 2.24) is 15.5 Å². The maximum Gasteiger partial charge on any atom is 0.319 e. The Morgan fingerprint density at radius 1 is 1.13 bits per heavy atom. The summed E-state index contributed by atoms with van der Waals surface area (Å²) in [6.07, 6.45) is 1.68. The fourth-order valence-corrected chi connectivity index (χ4v) is 2.78. The molecule has 8 heteroatoms. The van der Waals surface area contributed by atoms with Gasteiger partial charge in [-0.3, -0.25) is 5.10 Å². The van der Waals surface area contributed by atoms with Gasteiger partial charge in [-0.1, -0.05) is 34.8 Å². The van der Waals surface area contributed by atoms with Gasteiger partial charge in [0.2, 0.25) is 0 Å². The number of carbonyl (C=O) groups is 1. The quantitative estimate of drug-likeness (QED) is 0.578. The van der Waals surface area contributed by atoms with Gasteiger partial charge in [0.1, 0.15) is 0 Å². The molecule has 118 valence electrons. The number of carbonyl (C=O) groups excluding carboxylic acids is 1. The summed E-state index contributed by atoms with van der Waals surface area (Å²) < 4.78 is 0. The number of halogens is 3. The number of hydrogen-bond acceptors (Lipinski definition) is 2. The molecule has 0 bridgehead atoms. The Morgan fingerprint density at radius 3 is 2.74 bits per heavy atom. The van der Waals surface area contributed by atoms with Gasteiger partial charge in [0.25, 0.3) is 0 Å². The van der Waals surface area contributed by atoms with Gasteiger partial charge in [-0.15, -0.1) is 0 Å². The standard InChI is InChI=1S/C15H11Cl3N4O/c16-11-2-3-12(17)14(18)10(11)7-19-15(23)21-9-1-4-13-8(5-9)6-20-22-13/h1-6H,7H2,(H,20,22)(H2,19,21,23). The van der Waals surface area contributed by atoms with Gasteiger partial charge in [0, 0.05) is 28.2 Å². The summed E-state index contributed by atoms with van der Waals surface area (Å²) in [4.78, 5) is 12.0. The van der Waals surface area contributed by atoms with E-state index in [1.165, 1.54) is 0 Å². The molecule has 0 aliphatic carbocycles. The normalized spacial score (nSPS) is 10.7. The summed E-state index contributed by atoms with van der Waals surface area (Å²) in [5, 5.41) is 14.3. The number of hydrogen-bond donors (Lipinski definition) is 3. The van der Waals surface area contributed by atoms with Crippen LogP contribution in [0.1, 0.15) is 5.56 Å². The van der Waals surface area contributed by atoms with Gasteiger partial charge in [-0.2, -0.15) is 5.10 Å². The van der Waals surface area contributed by atoms with Gasteiger partial charge >= 0.3 is 6.03 Å². The molecule has 3 rings (SSSR count). The van der Waals surface area contributed by atoms with E-state index in [9.17, 15) is 4.79 Å². The lowest BCUT2D eigenvalue weighted by Gasteiger charge is -2.11. The highest BCUT2D eigenvalue weighted by Crippen LogP contribution is 2.31. The average molecular weight is 370 g/mol. The fraction of sp³-hybridized carbons (Fsp3) is 0.0667. The number of benzene rings is 2. The molecule has 0 aliphatic heterocycles. The van der Waals surface area contributed by atoms with Crippen LogP contribution in [0.15, 0.2) is 36.5 Å². The van der Waals surface area contributed by atoms with E-state index >= 15 is 0 Å². The zero-order chi connectivity index (χ0) is 16.4. The molecule has 0 saturated carbocycles. The molecule has 2 aromatic carbocycles. The van der Waals surface area contributed by atoms with E-state index < -0.39 is 0 Å². The zero-order valence-corrected chi connectivity index (χ0v) is 13.9. The van der Waals surface area contributed by atoms with E-state index in [1.54, 1.807) is 24.4 Å². The Morgan fingerprint density at radius 2 is 1.91 bits per heavy atom. The van der Waals surface area contributed by atoms with Crippen molar-refractivity contribution in [2.75, 3.05) is 5.32 Å². The van der Waals surface area contributed by atoms with Crippen molar-refractivity contribution in [2.24, 2.45) is 0 Å². The Bertz CT molecular complexity index is 878. The number of amides is 2. The van der Waals surface area contributed by atoms with Crippen molar-refractivity contribution in [2.45, 2.75) is 6.54 Å². The molecular weight excluding hydrogens is 359 g/mol. The predicted molar refractivity (Wildman–Crippen MR) is 93.4 cm³/mol. The van der Waals surface area contributed by atoms with Crippen LogP contribution >= 0.6 is 34.8 Å². The average Bonchev–Trinajstić information content (AvgIpc) is 2.99. The number of nitrogens with zero attached hydrogens (tertiary/aromatic N) is 1. The van der Waals surface area contributed by atoms with Crippen LogP contribution in [0.25, 0.3) is 10.9 Å². The number of anilines is 1. The summed E-state index contributed by atoms with van der Waals surface area (Å²) in [5.41, 5.74) is 2.12. The third kappa shape index (κ3) is 3.52. The number of urea groups is 1. The van der Waals surface area contributed by atoms with Gasteiger partial charge in [-0.25, -0.2) is 4.79 Å². The third-order valence-electron chi connectivity index (χ3n) is 3.26. The van der Waals surface area contributed by atoms with E-state index in [0.29, 0.717) is 26.3 Å². The maximum atomic E-state index is 12.0. The molecule has 0 aliphatic rings. The molecule has 0 atom stereocenters. The van der Waals surface area contributed by atoms with Gasteiger partial charge in [0.15, 0.2) is 0 Å².